The molecule has 1 aliphatic rings. The van der Waals surface area contributed by atoms with Crippen LogP contribution in [-0.2, 0) is 23.8 Å². The summed E-state index contributed by atoms with van der Waals surface area (Å²) in [6, 6.07) is -1.07. The molecule has 8 unspecified atom stereocenters. The first-order valence-electron chi connectivity index (χ1n) is 26.3. The molecule has 1 fully saturated rings. The van der Waals surface area contributed by atoms with Crippen LogP contribution in [0, 0.1) is 0 Å². The van der Waals surface area contributed by atoms with Gasteiger partial charge in [0.15, 0.2) is 12.4 Å². The molecule has 1 rings (SSSR count). The van der Waals surface area contributed by atoms with E-state index in [4.69, 9.17) is 14.2 Å². The number of carbonyl (C=O) groups is 2. The third kappa shape index (κ3) is 33.0. The Labute approximate surface area is 411 Å². The van der Waals surface area contributed by atoms with Gasteiger partial charge in [0.2, 0.25) is 5.91 Å². The molecule has 1 amide bonds. The first-order valence-corrected chi connectivity index (χ1v) is 26.3. The third-order valence-electron chi connectivity index (χ3n) is 11.6. The van der Waals surface area contributed by atoms with E-state index in [0.29, 0.717) is 12.8 Å². The normalized spacial score (nSPS) is 20.9. The van der Waals surface area contributed by atoms with Crippen LogP contribution in [0.25, 0.3) is 0 Å². The molecule has 1 aliphatic heterocycles. The van der Waals surface area contributed by atoms with Gasteiger partial charge in [-0.1, -0.05) is 220 Å². The van der Waals surface area contributed by atoms with E-state index in [-0.39, 0.29) is 19.4 Å². The van der Waals surface area contributed by atoms with Crippen LogP contribution in [0.5, 0.6) is 0 Å². The molecule has 0 aromatic rings. The smallest absolute Gasteiger partial charge is 0.306 e. The number of aliphatic hydroxyl groups excluding tert-OH is 5. The van der Waals surface area contributed by atoms with Crippen molar-refractivity contribution in [3.05, 3.63) is 109 Å². The number of nitrogens with one attached hydrogen (secondary N) is 1. The van der Waals surface area contributed by atoms with Crippen molar-refractivity contribution in [1.29, 1.82) is 0 Å². The van der Waals surface area contributed by atoms with E-state index >= 15 is 0 Å². The standard InChI is InChI=1S/C57H93NO10/c1-4-7-10-13-16-19-22-25-26-27-30-33-36-39-42-45-52(62)68-55-54(64)53(63)51(46-59)67-57(55)66-47-48(49(60)43-40-37-34-31-28-23-20-17-14-11-8-5-2)58-56(65)50(61)44-41-38-35-32-29-24-21-18-15-12-9-6-3/h7,9-10,12-13,15-16,18-19,21-22,24,29,32,35,38,40,43,48-51,53-55,57,59-61,63-64H,4-6,8,11,14,17,20,23,25-28,30-31,33-34,36-37,39,41-42,44-47H2,1-3H3,(H,58,65)/b10-7+,12-9+,16-13+,18-15+,22-19+,24-21-,32-29-,38-35+,43-40+. The molecule has 0 saturated carbocycles. The first kappa shape index (κ1) is 62.3. The molecule has 11 heteroatoms. The highest BCUT2D eigenvalue weighted by Gasteiger charge is 2.47. The molecule has 0 spiro atoms. The van der Waals surface area contributed by atoms with Gasteiger partial charge in [-0.2, -0.15) is 0 Å². The summed E-state index contributed by atoms with van der Waals surface area (Å²) < 4.78 is 17.5. The number of ether oxygens (including phenoxy) is 3. The van der Waals surface area contributed by atoms with Crippen LogP contribution >= 0.6 is 0 Å². The van der Waals surface area contributed by atoms with Crippen molar-refractivity contribution in [1.82, 2.24) is 5.32 Å². The molecule has 0 bridgehead atoms. The SMILES string of the molecule is CC/C=C/C=C/C=C\C=C/C=C/CCC(O)C(=O)NC(COC1OC(CO)C(O)C(O)C1OC(=O)CCCCCCCCC/C=C/C=C/C=C/CC)C(O)/C=C/CCCCCCCCCCCC. The number of hydrogen-bond donors (Lipinski definition) is 6. The van der Waals surface area contributed by atoms with E-state index in [1.807, 2.05) is 72.9 Å². The number of rotatable bonds is 41. The highest BCUT2D eigenvalue weighted by Crippen LogP contribution is 2.26. The average Bonchev–Trinajstić information content (AvgIpc) is 3.33. The van der Waals surface area contributed by atoms with Crippen molar-refractivity contribution in [3.8, 4) is 0 Å². The van der Waals surface area contributed by atoms with Gasteiger partial charge in [-0.05, 0) is 57.8 Å². The van der Waals surface area contributed by atoms with E-state index in [0.717, 1.165) is 83.5 Å². The quantitative estimate of drug-likeness (QED) is 0.0150. The Morgan fingerprint density at radius 3 is 1.59 bits per heavy atom. The van der Waals surface area contributed by atoms with Crippen LogP contribution in [0.3, 0.4) is 0 Å². The summed E-state index contributed by atoms with van der Waals surface area (Å²) in [5, 5.41) is 56.5. The van der Waals surface area contributed by atoms with Gasteiger partial charge in [0.1, 0.15) is 24.4 Å². The van der Waals surface area contributed by atoms with Gasteiger partial charge in [-0.25, -0.2) is 0 Å². The van der Waals surface area contributed by atoms with E-state index in [1.54, 1.807) is 6.08 Å². The van der Waals surface area contributed by atoms with Crippen LogP contribution in [0.2, 0.25) is 0 Å². The van der Waals surface area contributed by atoms with Gasteiger partial charge in [-0.3, -0.25) is 9.59 Å². The number of allylic oxidation sites excluding steroid dienone is 17. The van der Waals surface area contributed by atoms with Crippen LogP contribution < -0.4 is 5.32 Å². The second-order valence-corrected chi connectivity index (χ2v) is 17.7. The number of amides is 1. The van der Waals surface area contributed by atoms with Gasteiger partial charge < -0.3 is 45.1 Å². The minimum absolute atomic E-state index is 0.0949. The molecule has 6 N–H and O–H groups in total. The predicted molar refractivity (Wildman–Crippen MR) is 278 cm³/mol. The predicted octanol–water partition coefficient (Wildman–Crippen LogP) is 11.0. The largest absolute Gasteiger partial charge is 0.454 e. The molecule has 0 aliphatic carbocycles. The van der Waals surface area contributed by atoms with Crippen LogP contribution in [0.4, 0.5) is 0 Å². The van der Waals surface area contributed by atoms with Crippen molar-refractivity contribution < 1.29 is 49.3 Å². The molecule has 8 atom stereocenters. The second-order valence-electron chi connectivity index (χ2n) is 17.7. The van der Waals surface area contributed by atoms with Gasteiger partial charge in [0.05, 0.1) is 25.4 Å². The Morgan fingerprint density at radius 2 is 1.06 bits per heavy atom. The Kier molecular flexibility index (Phi) is 40.8. The van der Waals surface area contributed by atoms with E-state index in [1.165, 1.54) is 44.9 Å². The minimum atomic E-state index is -1.64. The van der Waals surface area contributed by atoms with E-state index < -0.39 is 67.4 Å². The summed E-state index contributed by atoms with van der Waals surface area (Å²) in [5.41, 5.74) is 0. The molecular weight excluding hydrogens is 859 g/mol. The molecule has 0 radical (unpaired) electrons. The summed E-state index contributed by atoms with van der Waals surface area (Å²) in [4.78, 5) is 26.3. The molecular formula is C57H93NO10. The van der Waals surface area contributed by atoms with Crippen LogP contribution in [0.15, 0.2) is 109 Å². The Bertz CT molecular complexity index is 1510. The molecule has 11 nitrogen and oxygen atoms in total. The first-order chi connectivity index (χ1) is 33.2. The molecule has 68 heavy (non-hydrogen) atoms. The van der Waals surface area contributed by atoms with Gasteiger partial charge in [0, 0.05) is 6.42 Å². The summed E-state index contributed by atoms with van der Waals surface area (Å²) >= 11 is 0. The van der Waals surface area contributed by atoms with Crippen molar-refractivity contribution in [3.63, 3.8) is 0 Å². The summed E-state index contributed by atoms with van der Waals surface area (Å²) in [7, 11) is 0. The molecule has 386 valence electrons. The Balaban J connectivity index is 2.83. The summed E-state index contributed by atoms with van der Waals surface area (Å²) in [6.45, 7) is 5.41. The van der Waals surface area contributed by atoms with Gasteiger partial charge >= 0.3 is 5.97 Å². The van der Waals surface area contributed by atoms with Gasteiger partial charge in [-0.15, -0.1) is 0 Å². The van der Waals surface area contributed by atoms with Crippen LogP contribution in [0.1, 0.15) is 175 Å². The maximum absolute atomic E-state index is 13.3. The fourth-order valence-electron chi connectivity index (χ4n) is 7.44. The average molecular weight is 952 g/mol. The number of esters is 1. The highest BCUT2D eigenvalue weighted by molar-refractivity contribution is 5.80. The highest BCUT2D eigenvalue weighted by atomic mass is 16.7. The zero-order valence-electron chi connectivity index (χ0n) is 42.2. The third-order valence-corrected chi connectivity index (χ3v) is 11.6. The monoisotopic (exact) mass is 952 g/mol. The summed E-state index contributed by atoms with van der Waals surface area (Å²) in [6.07, 6.45) is 48.7. The summed E-state index contributed by atoms with van der Waals surface area (Å²) in [5.74, 6) is -1.30. The second kappa shape index (κ2) is 44.5. The number of carbonyl (C=O) groups excluding carboxylic acids is 2. The maximum Gasteiger partial charge on any atom is 0.306 e. The van der Waals surface area contributed by atoms with E-state index in [2.05, 4.69) is 56.5 Å². The number of hydrogen-bond acceptors (Lipinski definition) is 10. The zero-order chi connectivity index (χ0) is 49.7. The lowest BCUT2D eigenvalue weighted by molar-refractivity contribution is -0.305. The molecule has 0 aromatic heterocycles. The number of aliphatic hydroxyl groups is 5. The van der Waals surface area contributed by atoms with Crippen molar-refractivity contribution in [2.75, 3.05) is 13.2 Å². The van der Waals surface area contributed by atoms with Crippen LogP contribution in [-0.4, -0.2) is 99.6 Å². The number of unbranched alkanes of at least 4 members (excludes halogenated alkanes) is 17. The van der Waals surface area contributed by atoms with Gasteiger partial charge in [0.25, 0.3) is 0 Å². The van der Waals surface area contributed by atoms with Crippen molar-refractivity contribution in [2.24, 2.45) is 0 Å². The van der Waals surface area contributed by atoms with E-state index in [9.17, 15) is 35.1 Å². The lowest BCUT2D eigenvalue weighted by atomic mass is 9.99. The van der Waals surface area contributed by atoms with Crippen molar-refractivity contribution in [2.45, 2.75) is 224 Å². The lowest BCUT2D eigenvalue weighted by Crippen LogP contribution is -2.61. The molecule has 1 heterocycles. The fraction of sp³-hybridized carbons (Fsp3) is 0.649. The molecule has 1 saturated heterocycles. The fourth-order valence-corrected chi connectivity index (χ4v) is 7.44. The van der Waals surface area contributed by atoms with Crippen molar-refractivity contribution >= 4 is 11.9 Å². The minimum Gasteiger partial charge on any atom is -0.454 e. The Morgan fingerprint density at radius 1 is 0.588 bits per heavy atom. The lowest BCUT2D eigenvalue weighted by Gasteiger charge is -2.41. The Hall–Kier alpha value is -3.68. The maximum atomic E-state index is 13.3. The molecule has 0 aromatic carbocycles. The topological polar surface area (TPSA) is 175 Å². The zero-order valence-corrected chi connectivity index (χ0v) is 42.2.